The van der Waals surface area contributed by atoms with Gasteiger partial charge in [0.2, 0.25) is 5.91 Å². The van der Waals surface area contributed by atoms with Gasteiger partial charge in [0.05, 0.1) is 11.4 Å². The largest absolute Gasteiger partial charge is 0.338 e. The molecule has 4 aromatic rings. The van der Waals surface area contributed by atoms with Crippen LogP contribution in [0.4, 0.5) is 0 Å². The molecule has 0 spiro atoms. The van der Waals surface area contributed by atoms with Crippen LogP contribution in [0.5, 0.6) is 0 Å². The molecule has 29 heavy (non-hydrogen) atoms. The van der Waals surface area contributed by atoms with Crippen molar-refractivity contribution in [1.82, 2.24) is 14.7 Å². The monoisotopic (exact) mass is 399 g/mol. The number of thiophene rings is 1. The van der Waals surface area contributed by atoms with E-state index in [0.29, 0.717) is 6.54 Å². The Morgan fingerprint density at radius 2 is 1.76 bits per heavy atom. The molecule has 0 atom stereocenters. The first kappa shape index (κ1) is 18.9. The van der Waals surface area contributed by atoms with E-state index in [4.69, 9.17) is 5.10 Å². The molecule has 4 nitrogen and oxygen atoms in total. The molecule has 0 N–H and O–H groups in total. The smallest absolute Gasteiger partial charge is 0.246 e. The molecule has 0 fully saturated rings. The van der Waals surface area contributed by atoms with Gasteiger partial charge in [-0.25, -0.2) is 4.68 Å². The summed E-state index contributed by atoms with van der Waals surface area (Å²) in [5.74, 6) is -0.0372. The summed E-state index contributed by atoms with van der Waals surface area (Å²) >= 11 is 1.61. The Morgan fingerprint density at radius 1 is 1.03 bits per heavy atom. The Bertz CT molecular complexity index is 1100. The number of nitrogens with zero attached hydrogens (tertiary/aromatic N) is 3. The molecule has 0 aliphatic rings. The lowest BCUT2D eigenvalue weighted by Crippen LogP contribution is -2.24. The zero-order chi connectivity index (χ0) is 20.1. The Labute approximate surface area is 174 Å². The molecule has 4 rings (SSSR count). The molecule has 144 valence electrons. The number of benzene rings is 2. The fourth-order valence-electron chi connectivity index (χ4n) is 3.08. The fraction of sp³-hybridized carbons (Fsp3) is 0.0833. The van der Waals surface area contributed by atoms with Crippen LogP contribution in [0.3, 0.4) is 0 Å². The summed E-state index contributed by atoms with van der Waals surface area (Å²) < 4.78 is 1.87. The van der Waals surface area contributed by atoms with E-state index in [9.17, 15) is 4.79 Å². The third-order valence-electron chi connectivity index (χ3n) is 4.58. The van der Waals surface area contributed by atoms with E-state index < -0.39 is 0 Å². The molecule has 0 unspecified atom stereocenters. The zero-order valence-electron chi connectivity index (χ0n) is 16.1. The van der Waals surface area contributed by atoms with Crippen LogP contribution >= 0.6 is 11.3 Å². The van der Waals surface area contributed by atoms with Gasteiger partial charge < -0.3 is 4.90 Å². The number of hydrogen-bond donors (Lipinski definition) is 0. The van der Waals surface area contributed by atoms with Crippen LogP contribution in [0, 0.1) is 0 Å². The second-order valence-electron chi connectivity index (χ2n) is 6.69. The number of para-hydroxylation sites is 1. The van der Waals surface area contributed by atoms with Crippen molar-refractivity contribution in [3.05, 3.63) is 101 Å². The van der Waals surface area contributed by atoms with E-state index in [2.05, 4.69) is 0 Å². The van der Waals surface area contributed by atoms with Gasteiger partial charge in [-0.3, -0.25) is 4.79 Å². The molecule has 0 saturated carbocycles. The molecule has 2 heterocycles. The SMILES string of the molecule is CN(Cc1cn(-c2ccccc2)nc1-c1ccccc1)C(=O)C=Cc1cccs1. The van der Waals surface area contributed by atoms with Gasteiger partial charge in [-0.05, 0) is 29.7 Å². The molecule has 0 aliphatic carbocycles. The average molecular weight is 400 g/mol. The van der Waals surface area contributed by atoms with Gasteiger partial charge in [-0.2, -0.15) is 5.10 Å². The maximum Gasteiger partial charge on any atom is 0.246 e. The summed E-state index contributed by atoms with van der Waals surface area (Å²) in [5.41, 5.74) is 3.91. The number of likely N-dealkylation sites (N-methyl/N-ethyl adjacent to an activating group) is 1. The Morgan fingerprint density at radius 3 is 2.45 bits per heavy atom. The zero-order valence-corrected chi connectivity index (χ0v) is 16.9. The standard InChI is InChI=1S/C24H21N3OS/c1-26(23(28)15-14-22-13-8-16-29-22)17-20-18-27(21-11-6-3-7-12-21)25-24(20)19-9-4-2-5-10-19/h2-16,18H,17H2,1H3. The molecule has 0 bridgehead atoms. The lowest BCUT2D eigenvalue weighted by molar-refractivity contribution is -0.125. The van der Waals surface area contributed by atoms with Crippen molar-refractivity contribution in [3.63, 3.8) is 0 Å². The van der Waals surface area contributed by atoms with Crippen LogP contribution in [0.1, 0.15) is 10.4 Å². The summed E-state index contributed by atoms with van der Waals surface area (Å²) in [6.45, 7) is 0.477. The van der Waals surface area contributed by atoms with Gasteiger partial charge in [0.25, 0.3) is 0 Å². The van der Waals surface area contributed by atoms with Crippen molar-refractivity contribution < 1.29 is 4.79 Å². The minimum absolute atomic E-state index is 0.0372. The van der Waals surface area contributed by atoms with Crippen molar-refractivity contribution in [1.29, 1.82) is 0 Å². The van der Waals surface area contributed by atoms with Crippen LogP contribution in [-0.2, 0) is 11.3 Å². The van der Waals surface area contributed by atoms with Crippen LogP contribution in [0.25, 0.3) is 23.0 Å². The van der Waals surface area contributed by atoms with Crippen molar-refractivity contribution in [2.75, 3.05) is 7.05 Å². The van der Waals surface area contributed by atoms with Crippen LogP contribution in [0.2, 0.25) is 0 Å². The Kier molecular flexibility index (Phi) is 5.68. The minimum Gasteiger partial charge on any atom is -0.338 e. The summed E-state index contributed by atoms with van der Waals surface area (Å²) in [5, 5.41) is 6.81. The predicted molar refractivity (Wildman–Crippen MR) is 119 cm³/mol. The van der Waals surface area contributed by atoms with E-state index in [-0.39, 0.29) is 5.91 Å². The first-order valence-corrected chi connectivity index (χ1v) is 10.2. The van der Waals surface area contributed by atoms with E-state index in [0.717, 1.165) is 27.4 Å². The average Bonchev–Trinajstić information content (AvgIpc) is 3.43. The van der Waals surface area contributed by atoms with Gasteiger partial charge in [0, 0.05) is 41.9 Å². The van der Waals surface area contributed by atoms with E-state index in [1.54, 1.807) is 22.3 Å². The number of carbonyl (C=O) groups is 1. The van der Waals surface area contributed by atoms with Crippen molar-refractivity contribution in [2.24, 2.45) is 0 Å². The fourth-order valence-corrected chi connectivity index (χ4v) is 3.70. The first-order chi connectivity index (χ1) is 14.2. The molecule has 0 aliphatic heterocycles. The summed E-state index contributed by atoms with van der Waals surface area (Å²) in [4.78, 5) is 15.4. The number of carbonyl (C=O) groups excluding carboxylic acids is 1. The second kappa shape index (κ2) is 8.71. The number of amides is 1. The molecule has 0 saturated heterocycles. The lowest BCUT2D eigenvalue weighted by atomic mass is 10.1. The third-order valence-corrected chi connectivity index (χ3v) is 5.41. The maximum atomic E-state index is 12.6. The molecule has 2 aromatic carbocycles. The molecule has 1 amide bonds. The van der Waals surface area contributed by atoms with E-state index in [1.165, 1.54) is 0 Å². The van der Waals surface area contributed by atoms with Crippen LogP contribution in [-0.4, -0.2) is 27.6 Å². The highest BCUT2D eigenvalue weighted by Gasteiger charge is 2.15. The van der Waals surface area contributed by atoms with Gasteiger partial charge in [0.1, 0.15) is 0 Å². The van der Waals surface area contributed by atoms with Crippen molar-refractivity contribution >= 4 is 23.3 Å². The molecular weight excluding hydrogens is 378 g/mol. The number of aromatic nitrogens is 2. The molecule has 0 radical (unpaired) electrons. The highest BCUT2D eigenvalue weighted by Crippen LogP contribution is 2.24. The summed E-state index contributed by atoms with van der Waals surface area (Å²) in [6, 6.07) is 24.0. The summed E-state index contributed by atoms with van der Waals surface area (Å²) in [6.07, 6.45) is 5.48. The van der Waals surface area contributed by atoms with Crippen molar-refractivity contribution in [2.45, 2.75) is 6.54 Å². The topological polar surface area (TPSA) is 38.1 Å². The van der Waals surface area contributed by atoms with Gasteiger partial charge in [-0.1, -0.05) is 54.6 Å². The van der Waals surface area contributed by atoms with E-state index in [1.807, 2.05) is 102 Å². The maximum absolute atomic E-state index is 12.6. The quantitative estimate of drug-likeness (QED) is 0.414. The first-order valence-electron chi connectivity index (χ1n) is 9.37. The minimum atomic E-state index is -0.0372. The Balaban J connectivity index is 1.61. The van der Waals surface area contributed by atoms with Crippen LogP contribution in [0.15, 0.2) is 90.4 Å². The number of rotatable bonds is 6. The highest BCUT2D eigenvalue weighted by molar-refractivity contribution is 7.10. The van der Waals surface area contributed by atoms with Gasteiger partial charge in [0.15, 0.2) is 0 Å². The molecule has 5 heteroatoms. The third kappa shape index (κ3) is 4.52. The van der Waals surface area contributed by atoms with Crippen molar-refractivity contribution in [3.8, 4) is 16.9 Å². The predicted octanol–water partition coefficient (Wildman–Crippen LogP) is 5.27. The van der Waals surface area contributed by atoms with E-state index >= 15 is 0 Å². The Hall–Kier alpha value is -3.44. The second-order valence-corrected chi connectivity index (χ2v) is 7.67. The number of hydrogen-bond acceptors (Lipinski definition) is 3. The van der Waals surface area contributed by atoms with Gasteiger partial charge in [-0.15, -0.1) is 11.3 Å². The normalized spacial score (nSPS) is 11.1. The lowest BCUT2D eigenvalue weighted by Gasteiger charge is -2.15. The molecule has 2 aromatic heterocycles. The van der Waals surface area contributed by atoms with Gasteiger partial charge >= 0.3 is 0 Å². The van der Waals surface area contributed by atoms with Crippen LogP contribution < -0.4 is 0 Å². The summed E-state index contributed by atoms with van der Waals surface area (Å²) in [7, 11) is 1.82. The highest BCUT2D eigenvalue weighted by atomic mass is 32.1. The molecular formula is C24H21N3OS.